The van der Waals surface area contributed by atoms with Gasteiger partial charge in [-0.15, -0.1) is 0 Å². The first-order valence-corrected chi connectivity index (χ1v) is 10.8. The molecule has 5 rings (SSSR count). The number of furan rings is 1. The highest BCUT2D eigenvalue weighted by Gasteiger charge is 2.25. The Hall–Kier alpha value is -3.38. The van der Waals surface area contributed by atoms with Gasteiger partial charge in [0, 0.05) is 35.3 Å². The molecule has 0 radical (unpaired) electrons. The monoisotopic (exact) mass is 415 g/mol. The minimum atomic E-state index is -0.177. The van der Waals surface area contributed by atoms with E-state index in [4.69, 9.17) is 4.42 Å². The molecule has 1 aromatic heterocycles. The quantitative estimate of drug-likeness (QED) is 0.590. The molecule has 2 aliphatic rings. The fraction of sp³-hybridized carbons (Fsp3) is 0.280. The Kier molecular flexibility index (Phi) is 5.30. The molecule has 3 aromatic rings. The van der Waals surface area contributed by atoms with Crippen molar-refractivity contribution < 1.29 is 14.0 Å². The topological polar surface area (TPSA) is 74.6 Å². The Labute approximate surface area is 180 Å². The van der Waals surface area contributed by atoms with Crippen LogP contribution in [-0.2, 0) is 9.59 Å². The first-order valence-electron chi connectivity index (χ1n) is 10.8. The van der Waals surface area contributed by atoms with Gasteiger partial charge in [0.15, 0.2) is 0 Å². The Morgan fingerprint density at radius 1 is 1.10 bits per heavy atom. The summed E-state index contributed by atoms with van der Waals surface area (Å²) in [5.74, 6) is 0.435. The molecule has 2 aliphatic heterocycles. The molecule has 0 saturated carbocycles. The van der Waals surface area contributed by atoms with Crippen LogP contribution in [0, 0.1) is 0 Å². The summed E-state index contributed by atoms with van der Waals surface area (Å²) < 4.78 is 5.85. The van der Waals surface area contributed by atoms with Crippen molar-refractivity contribution >= 4 is 45.8 Å². The molecular formula is C25H25N3O3. The molecule has 2 aromatic carbocycles. The van der Waals surface area contributed by atoms with Crippen LogP contribution < -0.4 is 10.6 Å². The van der Waals surface area contributed by atoms with Crippen molar-refractivity contribution in [1.29, 1.82) is 0 Å². The number of carbonyl (C=O) groups is 2. The lowest BCUT2D eigenvalue weighted by atomic mass is 10.1. The van der Waals surface area contributed by atoms with Crippen LogP contribution in [0.5, 0.6) is 0 Å². The summed E-state index contributed by atoms with van der Waals surface area (Å²) in [4.78, 5) is 27.3. The van der Waals surface area contributed by atoms with Gasteiger partial charge in [-0.2, -0.15) is 0 Å². The van der Waals surface area contributed by atoms with Crippen molar-refractivity contribution in [3.05, 3.63) is 59.9 Å². The molecule has 6 nitrogen and oxygen atoms in total. The highest BCUT2D eigenvalue weighted by atomic mass is 16.3. The number of likely N-dealkylation sites (tertiary alicyclic amines) is 1. The van der Waals surface area contributed by atoms with Crippen molar-refractivity contribution in [2.45, 2.75) is 25.7 Å². The number of hydrogen-bond donors (Lipinski definition) is 2. The van der Waals surface area contributed by atoms with Crippen LogP contribution >= 0.6 is 0 Å². The number of amides is 2. The molecule has 0 atom stereocenters. The fourth-order valence-corrected chi connectivity index (χ4v) is 4.29. The van der Waals surface area contributed by atoms with Gasteiger partial charge >= 0.3 is 0 Å². The van der Waals surface area contributed by atoms with E-state index in [-0.39, 0.29) is 11.8 Å². The number of hydrogen-bond acceptors (Lipinski definition) is 4. The van der Waals surface area contributed by atoms with E-state index in [1.165, 1.54) is 19.3 Å². The third-order valence-electron chi connectivity index (χ3n) is 5.92. The van der Waals surface area contributed by atoms with E-state index in [9.17, 15) is 9.59 Å². The van der Waals surface area contributed by atoms with Gasteiger partial charge in [0.1, 0.15) is 11.3 Å². The number of piperidine rings is 1. The summed E-state index contributed by atoms with van der Waals surface area (Å²) in [5.41, 5.74) is 3.49. The predicted octanol–water partition coefficient (Wildman–Crippen LogP) is 4.74. The number of nitrogens with zero attached hydrogens (tertiary/aromatic N) is 1. The Morgan fingerprint density at radius 2 is 1.94 bits per heavy atom. The second kappa shape index (κ2) is 8.40. The molecule has 1 saturated heterocycles. The third-order valence-corrected chi connectivity index (χ3v) is 5.92. The molecule has 1 fully saturated rings. The third kappa shape index (κ3) is 4.25. The molecule has 0 spiro atoms. The first kappa shape index (κ1) is 19.6. The maximum Gasteiger partial charge on any atom is 0.256 e. The number of benzene rings is 2. The lowest BCUT2D eigenvalue weighted by Crippen LogP contribution is -2.32. The van der Waals surface area contributed by atoms with Gasteiger partial charge in [0.25, 0.3) is 5.91 Å². The molecule has 0 aliphatic carbocycles. The molecule has 2 amide bonds. The standard InChI is InChI=1S/C25H25N3O3/c29-24(10-13-28-11-4-1-5-12-28)26-18-8-9-22-20(15-18)21(25(30)27-22)16-19-14-17-6-2-3-7-23(17)31-19/h2-3,6-9,14-16H,1,4-5,10-13H2,(H,26,29)(H,27,30)/b21-16+. The lowest BCUT2D eigenvalue weighted by Gasteiger charge is -2.25. The van der Waals surface area contributed by atoms with E-state index in [1.807, 2.05) is 48.5 Å². The highest BCUT2D eigenvalue weighted by molar-refractivity contribution is 6.35. The van der Waals surface area contributed by atoms with Crippen molar-refractivity contribution in [2.24, 2.45) is 0 Å². The Balaban J connectivity index is 1.32. The number of carbonyl (C=O) groups excluding carboxylic acids is 2. The van der Waals surface area contributed by atoms with Gasteiger partial charge in [0.2, 0.25) is 5.91 Å². The fourth-order valence-electron chi connectivity index (χ4n) is 4.29. The average Bonchev–Trinajstić information content (AvgIpc) is 3.33. The van der Waals surface area contributed by atoms with Gasteiger partial charge in [0.05, 0.1) is 5.57 Å². The molecule has 3 heterocycles. The van der Waals surface area contributed by atoms with Gasteiger partial charge < -0.3 is 20.0 Å². The molecule has 158 valence electrons. The average molecular weight is 415 g/mol. The first-order chi connectivity index (χ1) is 15.2. The summed E-state index contributed by atoms with van der Waals surface area (Å²) in [6.45, 7) is 2.94. The molecule has 6 heteroatoms. The maximum absolute atomic E-state index is 12.5. The lowest BCUT2D eigenvalue weighted by molar-refractivity contribution is -0.116. The zero-order valence-electron chi connectivity index (χ0n) is 17.3. The van der Waals surface area contributed by atoms with Crippen molar-refractivity contribution in [2.75, 3.05) is 30.3 Å². The summed E-state index contributed by atoms with van der Waals surface area (Å²) >= 11 is 0. The number of anilines is 2. The SMILES string of the molecule is O=C(CCN1CCCCC1)Nc1ccc2c(c1)/C(=C\c1cc3ccccc3o1)C(=O)N2. The summed E-state index contributed by atoms with van der Waals surface area (Å²) in [6.07, 6.45) is 5.94. The highest BCUT2D eigenvalue weighted by Crippen LogP contribution is 2.35. The summed E-state index contributed by atoms with van der Waals surface area (Å²) in [6, 6.07) is 15.2. The second-order valence-electron chi connectivity index (χ2n) is 8.16. The van der Waals surface area contributed by atoms with Crippen LogP contribution in [0.2, 0.25) is 0 Å². The van der Waals surface area contributed by atoms with Crippen LogP contribution in [0.4, 0.5) is 11.4 Å². The van der Waals surface area contributed by atoms with E-state index >= 15 is 0 Å². The number of rotatable bonds is 5. The van der Waals surface area contributed by atoms with Crippen molar-refractivity contribution in [1.82, 2.24) is 4.90 Å². The molecule has 2 N–H and O–H groups in total. The van der Waals surface area contributed by atoms with Crippen LogP contribution in [0.25, 0.3) is 22.6 Å². The Morgan fingerprint density at radius 3 is 2.77 bits per heavy atom. The smallest absolute Gasteiger partial charge is 0.256 e. The zero-order valence-corrected chi connectivity index (χ0v) is 17.3. The maximum atomic E-state index is 12.5. The normalized spacial score (nSPS) is 17.7. The van der Waals surface area contributed by atoms with Crippen LogP contribution in [0.15, 0.2) is 52.9 Å². The van der Waals surface area contributed by atoms with Gasteiger partial charge in [-0.25, -0.2) is 0 Å². The van der Waals surface area contributed by atoms with Crippen molar-refractivity contribution in [3.8, 4) is 0 Å². The van der Waals surface area contributed by atoms with Gasteiger partial charge in [-0.1, -0.05) is 24.6 Å². The predicted molar refractivity (Wildman–Crippen MR) is 123 cm³/mol. The molecule has 31 heavy (non-hydrogen) atoms. The summed E-state index contributed by atoms with van der Waals surface area (Å²) in [5, 5.41) is 6.85. The second-order valence-corrected chi connectivity index (χ2v) is 8.16. The zero-order chi connectivity index (χ0) is 21.2. The number of para-hydroxylation sites is 1. The van der Waals surface area contributed by atoms with Gasteiger partial charge in [-0.05, 0) is 62.3 Å². The molecule has 0 unspecified atom stereocenters. The van der Waals surface area contributed by atoms with E-state index in [0.29, 0.717) is 23.4 Å². The minimum Gasteiger partial charge on any atom is -0.457 e. The minimum absolute atomic E-state index is 0.00869. The largest absolute Gasteiger partial charge is 0.457 e. The van der Waals surface area contributed by atoms with E-state index < -0.39 is 0 Å². The number of fused-ring (bicyclic) bond motifs is 2. The van der Waals surface area contributed by atoms with E-state index in [2.05, 4.69) is 15.5 Å². The van der Waals surface area contributed by atoms with E-state index in [0.717, 1.165) is 41.9 Å². The van der Waals surface area contributed by atoms with Gasteiger partial charge in [-0.3, -0.25) is 9.59 Å². The van der Waals surface area contributed by atoms with Crippen LogP contribution in [-0.4, -0.2) is 36.3 Å². The van der Waals surface area contributed by atoms with E-state index in [1.54, 1.807) is 6.08 Å². The summed E-state index contributed by atoms with van der Waals surface area (Å²) in [7, 11) is 0. The molecule has 0 bridgehead atoms. The molecular weight excluding hydrogens is 390 g/mol. The van der Waals surface area contributed by atoms with Crippen LogP contribution in [0.1, 0.15) is 37.0 Å². The Bertz CT molecular complexity index is 1140. The van der Waals surface area contributed by atoms with Crippen LogP contribution in [0.3, 0.4) is 0 Å². The number of nitrogens with one attached hydrogen (secondary N) is 2. The van der Waals surface area contributed by atoms with Crippen molar-refractivity contribution in [3.63, 3.8) is 0 Å².